The lowest BCUT2D eigenvalue weighted by molar-refractivity contribution is 0.0664. The molecule has 36 heavy (non-hydrogen) atoms. The standard InChI is InChI=1S/C28H30ClN5O2/c1-19-26(27(35)32-15-12-24(13-16-32)33-17-14-30-28(33)36)20(2)34(31-19)25-5-3-4-22(18-25)7-6-21-8-10-23(29)11-9-21/h3-11,18,24H,12-17H2,1-2H3,(H,30,36)/b7-6+. The zero-order valence-corrected chi connectivity index (χ0v) is 21.3. The maximum absolute atomic E-state index is 13.5. The molecule has 0 saturated carbocycles. The largest absolute Gasteiger partial charge is 0.338 e. The number of carbonyl (C=O) groups is 2. The number of halogens is 1. The Morgan fingerprint density at radius 3 is 2.44 bits per heavy atom. The van der Waals surface area contributed by atoms with E-state index in [1.807, 2.05) is 76.9 Å². The number of likely N-dealkylation sites (tertiary alicyclic amines) is 1. The summed E-state index contributed by atoms with van der Waals surface area (Å²) in [5.74, 6) is 0.0133. The summed E-state index contributed by atoms with van der Waals surface area (Å²) in [6.07, 6.45) is 5.69. The van der Waals surface area contributed by atoms with E-state index in [2.05, 4.69) is 17.5 Å². The highest BCUT2D eigenvalue weighted by molar-refractivity contribution is 6.30. The van der Waals surface area contributed by atoms with Crippen molar-refractivity contribution >= 4 is 35.7 Å². The molecule has 0 atom stereocenters. The first kappa shape index (κ1) is 24.1. The summed E-state index contributed by atoms with van der Waals surface area (Å²) in [5.41, 5.74) is 5.23. The third-order valence-electron chi connectivity index (χ3n) is 7.04. The molecule has 0 aliphatic carbocycles. The predicted octanol–water partition coefficient (Wildman–Crippen LogP) is 4.94. The lowest BCUT2D eigenvalue weighted by Gasteiger charge is -2.36. The summed E-state index contributed by atoms with van der Waals surface area (Å²) in [7, 11) is 0. The Labute approximate surface area is 216 Å². The predicted molar refractivity (Wildman–Crippen MR) is 142 cm³/mol. The monoisotopic (exact) mass is 503 g/mol. The van der Waals surface area contributed by atoms with Crippen LogP contribution in [0.15, 0.2) is 48.5 Å². The van der Waals surface area contributed by atoms with Crippen molar-refractivity contribution in [1.29, 1.82) is 0 Å². The molecule has 7 nitrogen and oxygen atoms in total. The molecule has 2 aliphatic heterocycles. The quantitative estimate of drug-likeness (QED) is 0.501. The minimum absolute atomic E-state index is 0.0120. The zero-order valence-electron chi connectivity index (χ0n) is 20.6. The molecule has 2 saturated heterocycles. The molecule has 0 radical (unpaired) electrons. The van der Waals surface area contributed by atoms with Crippen molar-refractivity contribution in [3.8, 4) is 5.69 Å². The Hall–Kier alpha value is -3.58. The Morgan fingerprint density at radius 2 is 1.75 bits per heavy atom. The number of amides is 3. The molecule has 2 aromatic carbocycles. The van der Waals surface area contributed by atoms with Gasteiger partial charge in [-0.25, -0.2) is 9.48 Å². The van der Waals surface area contributed by atoms with Crippen LogP contribution in [0.2, 0.25) is 5.02 Å². The highest BCUT2D eigenvalue weighted by Crippen LogP contribution is 2.24. The van der Waals surface area contributed by atoms with Crippen molar-refractivity contribution in [1.82, 2.24) is 24.9 Å². The van der Waals surface area contributed by atoms with E-state index in [0.717, 1.165) is 47.6 Å². The van der Waals surface area contributed by atoms with Crippen molar-refractivity contribution in [2.45, 2.75) is 32.7 Å². The summed E-state index contributed by atoms with van der Waals surface area (Å²) in [6, 6.07) is 16.0. The summed E-state index contributed by atoms with van der Waals surface area (Å²) in [6.45, 7) is 6.57. The molecule has 3 amide bonds. The van der Waals surface area contributed by atoms with Crippen LogP contribution in [-0.2, 0) is 0 Å². The van der Waals surface area contributed by atoms with Crippen LogP contribution in [0.1, 0.15) is 45.7 Å². The van der Waals surface area contributed by atoms with Gasteiger partial charge >= 0.3 is 6.03 Å². The van der Waals surface area contributed by atoms with Gasteiger partial charge in [0.05, 0.1) is 22.6 Å². The minimum Gasteiger partial charge on any atom is -0.338 e. The van der Waals surface area contributed by atoms with Gasteiger partial charge in [0.25, 0.3) is 5.91 Å². The fraction of sp³-hybridized carbons (Fsp3) is 0.321. The number of urea groups is 1. The molecule has 8 heteroatoms. The Morgan fingerprint density at radius 1 is 1.03 bits per heavy atom. The second-order valence-corrected chi connectivity index (χ2v) is 9.82. The number of aromatic nitrogens is 2. The number of benzene rings is 2. The molecule has 3 aromatic rings. The molecular weight excluding hydrogens is 474 g/mol. The van der Waals surface area contributed by atoms with E-state index in [0.29, 0.717) is 30.2 Å². The Kier molecular flexibility index (Phi) is 6.83. The van der Waals surface area contributed by atoms with Crippen molar-refractivity contribution in [3.63, 3.8) is 0 Å². The average molecular weight is 504 g/mol. The Balaban J connectivity index is 1.31. The van der Waals surface area contributed by atoms with Gasteiger partial charge in [0.2, 0.25) is 0 Å². The molecule has 0 unspecified atom stereocenters. The van der Waals surface area contributed by atoms with E-state index >= 15 is 0 Å². The van der Waals surface area contributed by atoms with Gasteiger partial charge in [0.15, 0.2) is 0 Å². The van der Waals surface area contributed by atoms with Crippen LogP contribution in [0.25, 0.3) is 17.8 Å². The van der Waals surface area contributed by atoms with Crippen molar-refractivity contribution < 1.29 is 9.59 Å². The molecule has 3 heterocycles. The third kappa shape index (κ3) is 4.88. The highest BCUT2D eigenvalue weighted by atomic mass is 35.5. The molecule has 0 bridgehead atoms. The maximum atomic E-state index is 13.5. The molecule has 5 rings (SSSR count). The molecule has 2 fully saturated rings. The Bertz CT molecular complexity index is 1310. The lowest BCUT2D eigenvalue weighted by Crippen LogP contribution is -2.47. The summed E-state index contributed by atoms with van der Waals surface area (Å²) in [5, 5.41) is 8.31. The van der Waals surface area contributed by atoms with Crippen LogP contribution in [-0.4, -0.2) is 63.7 Å². The van der Waals surface area contributed by atoms with Crippen molar-refractivity contribution in [3.05, 3.63) is 81.6 Å². The van der Waals surface area contributed by atoms with Gasteiger partial charge in [-0.15, -0.1) is 0 Å². The average Bonchev–Trinajstić information content (AvgIpc) is 3.45. The summed E-state index contributed by atoms with van der Waals surface area (Å²) < 4.78 is 1.85. The maximum Gasteiger partial charge on any atom is 0.317 e. The fourth-order valence-electron chi connectivity index (χ4n) is 5.10. The molecule has 0 spiro atoms. The topological polar surface area (TPSA) is 70.5 Å². The lowest BCUT2D eigenvalue weighted by atomic mass is 10.0. The van der Waals surface area contributed by atoms with Crippen LogP contribution < -0.4 is 5.32 Å². The number of nitrogens with zero attached hydrogens (tertiary/aromatic N) is 4. The number of hydrogen-bond donors (Lipinski definition) is 1. The van der Waals surface area contributed by atoms with Gasteiger partial charge in [0.1, 0.15) is 0 Å². The van der Waals surface area contributed by atoms with Crippen LogP contribution in [0.3, 0.4) is 0 Å². The van der Waals surface area contributed by atoms with Gasteiger partial charge in [-0.1, -0.05) is 48.0 Å². The van der Waals surface area contributed by atoms with E-state index in [1.54, 1.807) is 0 Å². The smallest absolute Gasteiger partial charge is 0.317 e. The second-order valence-electron chi connectivity index (χ2n) is 9.39. The van der Waals surface area contributed by atoms with Gasteiger partial charge in [0, 0.05) is 37.2 Å². The van der Waals surface area contributed by atoms with Gasteiger partial charge in [-0.3, -0.25) is 4.79 Å². The van der Waals surface area contributed by atoms with E-state index in [1.165, 1.54) is 0 Å². The third-order valence-corrected chi connectivity index (χ3v) is 7.29. The molecule has 1 aromatic heterocycles. The number of piperidine rings is 1. The first-order valence-electron chi connectivity index (χ1n) is 12.3. The number of aryl methyl sites for hydroxylation is 1. The summed E-state index contributed by atoms with van der Waals surface area (Å²) >= 11 is 5.98. The van der Waals surface area contributed by atoms with Crippen LogP contribution in [0.5, 0.6) is 0 Å². The van der Waals surface area contributed by atoms with E-state index in [9.17, 15) is 9.59 Å². The van der Waals surface area contributed by atoms with Crippen LogP contribution >= 0.6 is 11.6 Å². The van der Waals surface area contributed by atoms with E-state index in [-0.39, 0.29) is 18.0 Å². The normalized spacial score (nSPS) is 16.7. The SMILES string of the molecule is Cc1nn(-c2cccc(/C=C/c3ccc(Cl)cc3)c2)c(C)c1C(=O)N1CCC(N2CCNC2=O)CC1. The van der Waals surface area contributed by atoms with Gasteiger partial charge in [-0.05, 0) is 62.1 Å². The van der Waals surface area contributed by atoms with E-state index < -0.39 is 0 Å². The second kappa shape index (κ2) is 10.2. The number of rotatable bonds is 5. The summed E-state index contributed by atoms with van der Waals surface area (Å²) in [4.78, 5) is 29.3. The number of hydrogen-bond acceptors (Lipinski definition) is 3. The molecular formula is C28H30ClN5O2. The first-order chi connectivity index (χ1) is 17.4. The number of nitrogens with one attached hydrogen (secondary N) is 1. The van der Waals surface area contributed by atoms with Crippen molar-refractivity contribution in [2.75, 3.05) is 26.2 Å². The van der Waals surface area contributed by atoms with Crippen molar-refractivity contribution in [2.24, 2.45) is 0 Å². The van der Waals surface area contributed by atoms with Gasteiger partial charge < -0.3 is 15.1 Å². The molecule has 1 N–H and O–H groups in total. The number of carbonyl (C=O) groups excluding carboxylic acids is 2. The van der Waals surface area contributed by atoms with Crippen LogP contribution in [0.4, 0.5) is 4.79 Å². The van der Waals surface area contributed by atoms with E-state index in [4.69, 9.17) is 16.7 Å². The van der Waals surface area contributed by atoms with Crippen LogP contribution in [0, 0.1) is 13.8 Å². The molecule has 2 aliphatic rings. The molecule has 186 valence electrons. The van der Waals surface area contributed by atoms with Gasteiger partial charge in [-0.2, -0.15) is 5.10 Å². The fourth-order valence-corrected chi connectivity index (χ4v) is 5.23. The highest BCUT2D eigenvalue weighted by Gasteiger charge is 2.33. The zero-order chi connectivity index (χ0) is 25.2. The minimum atomic E-state index is 0.0120. The first-order valence-corrected chi connectivity index (χ1v) is 12.7.